The molecule has 0 atom stereocenters. The molecule has 0 aliphatic carbocycles. The molecule has 0 saturated heterocycles. The summed E-state index contributed by atoms with van der Waals surface area (Å²) in [6.45, 7) is 6.79. The van der Waals surface area contributed by atoms with E-state index in [1.54, 1.807) is 29.7 Å². The van der Waals surface area contributed by atoms with E-state index in [0.29, 0.717) is 19.0 Å². The number of amides is 1. The lowest BCUT2D eigenvalue weighted by atomic mass is 9.99. The first kappa shape index (κ1) is 22.5. The lowest BCUT2D eigenvalue weighted by Crippen LogP contribution is -2.39. The maximum absolute atomic E-state index is 12.4. The number of H-pyrrole nitrogens is 1. The highest BCUT2D eigenvalue weighted by Gasteiger charge is 2.25. The van der Waals surface area contributed by atoms with E-state index < -0.39 is 5.60 Å². The summed E-state index contributed by atoms with van der Waals surface area (Å²) in [6.07, 6.45) is 7.48. The van der Waals surface area contributed by atoms with Gasteiger partial charge in [-0.3, -0.25) is 10.1 Å². The standard InChI is InChI=1S/C26H27N7O2/c1-26(2,3)35-25(34)33-12-9-17-13-20(7-6-19(17)16-33)30-24-28-11-8-22(31-24)21-15-29-32-23(21)18-5-4-10-27-14-18/h4-8,10-11,13-15H,9,12,16H2,1-3H3,(H,29,32)(H,28,30,31). The largest absolute Gasteiger partial charge is 0.444 e. The van der Waals surface area contributed by atoms with Crippen LogP contribution in [0.5, 0.6) is 0 Å². The van der Waals surface area contributed by atoms with E-state index in [-0.39, 0.29) is 6.09 Å². The Morgan fingerprint density at radius 3 is 2.80 bits per heavy atom. The maximum atomic E-state index is 12.4. The van der Waals surface area contributed by atoms with Crippen LogP contribution in [0, 0.1) is 0 Å². The number of carbonyl (C=O) groups is 1. The third-order valence-electron chi connectivity index (χ3n) is 5.65. The zero-order valence-electron chi connectivity index (χ0n) is 19.9. The van der Waals surface area contributed by atoms with E-state index in [2.05, 4.69) is 31.5 Å². The molecule has 4 heterocycles. The Morgan fingerprint density at radius 1 is 1.11 bits per heavy atom. The molecule has 9 heteroatoms. The molecule has 1 aliphatic rings. The van der Waals surface area contributed by atoms with Crippen molar-refractivity contribution in [2.75, 3.05) is 11.9 Å². The highest BCUT2D eigenvalue weighted by atomic mass is 16.6. The molecular weight excluding hydrogens is 442 g/mol. The van der Waals surface area contributed by atoms with Crippen LogP contribution in [0.3, 0.4) is 0 Å². The third-order valence-corrected chi connectivity index (χ3v) is 5.65. The minimum atomic E-state index is -0.505. The van der Waals surface area contributed by atoms with Crippen molar-refractivity contribution < 1.29 is 9.53 Å². The van der Waals surface area contributed by atoms with Crippen LogP contribution >= 0.6 is 0 Å². The van der Waals surface area contributed by atoms with Gasteiger partial charge in [-0.1, -0.05) is 6.07 Å². The van der Waals surface area contributed by atoms with Crippen LogP contribution in [0.15, 0.2) is 61.2 Å². The Morgan fingerprint density at radius 2 is 2.00 bits per heavy atom. The van der Waals surface area contributed by atoms with Gasteiger partial charge < -0.3 is 15.0 Å². The first-order valence-electron chi connectivity index (χ1n) is 11.5. The molecule has 5 rings (SSSR count). The maximum Gasteiger partial charge on any atom is 0.410 e. The van der Waals surface area contributed by atoms with Gasteiger partial charge in [0.05, 0.1) is 17.6 Å². The third kappa shape index (κ3) is 5.13. The van der Waals surface area contributed by atoms with E-state index >= 15 is 0 Å². The lowest BCUT2D eigenvalue weighted by molar-refractivity contribution is 0.0224. The summed E-state index contributed by atoms with van der Waals surface area (Å²) in [7, 11) is 0. The van der Waals surface area contributed by atoms with Crippen molar-refractivity contribution in [3.63, 3.8) is 0 Å². The van der Waals surface area contributed by atoms with E-state index in [1.807, 2.05) is 51.1 Å². The van der Waals surface area contributed by atoms with Crippen LogP contribution in [-0.2, 0) is 17.7 Å². The first-order valence-corrected chi connectivity index (χ1v) is 11.5. The molecule has 1 aliphatic heterocycles. The van der Waals surface area contributed by atoms with Gasteiger partial charge in [0, 0.05) is 48.5 Å². The summed E-state index contributed by atoms with van der Waals surface area (Å²) >= 11 is 0. The second kappa shape index (κ2) is 9.17. The SMILES string of the molecule is CC(C)(C)OC(=O)N1CCc2cc(Nc3nccc(-c4cn[nH]c4-c4cccnc4)n3)ccc2C1. The van der Waals surface area contributed by atoms with Crippen molar-refractivity contribution in [1.82, 2.24) is 30.0 Å². The number of ether oxygens (including phenoxy) is 1. The zero-order chi connectivity index (χ0) is 24.4. The topological polar surface area (TPSA) is 109 Å². The number of anilines is 2. The summed E-state index contributed by atoms with van der Waals surface area (Å²) in [5.41, 5.74) is 6.11. The van der Waals surface area contributed by atoms with Gasteiger partial charge in [-0.05, 0) is 68.7 Å². The number of carbonyl (C=O) groups excluding carboxylic acids is 1. The molecule has 178 valence electrons. The number of nitrogens with zero attached hydrogens (tertiary/aromatic N) is 5. The molecule has 0 unspecified atom stereocenters. The quantitative estimate of drug-likeness (QED) is 0.434. The fraction of sp³-hybridized carbons (Fsp3) is 0.269. The van der Waals surface area contributed by atoms with Gasteiger partial charge in [-0.15, -0.1) is 0 Å². The first-order chi connectivity index (χ1) is 16.9. The van der Waals surface area contributed by atoms with Crippen molar-refractivity contribution in [2.45, 2.75) is 39.3 Å². The molecule has 4 aromatic rings. The molecule has 0 spiro atoms. The predicted molar refractivity (Wildman–Crippen MR) is 133 cm³/mol. The number of aromatic nitrogens is 5. The summed E-state index contributed by atoms with van der Waals surface area (Å²) in [6, 6.07) is 11.8. The Labute approximate surface area is 203 Å². The molecule has 0 fully saturated rings. The van der Waals surface area contributed by atoms with Crippen LogP contribution in [0.1, 0.15) is 31.9 Å². The van der Waals surface area contributed by atoms with E-state index in [1.165, 1.54) is 5.56 Å². The Balaban J connectivity index is 1.32. The minimum absolute atomic E-state index is 0.277. The number of fused-ring (bicyclic) bond motifs is 1. The van der Waals surface area contributed by atoms with Crippen molar-refractivity contribution >= 4 is 17.7 Å². The Hall–Kier alpha value is -4.27. The lowest BCUT2D eigenvalue weighted by Gasteiger charge is -2.31. The average Bonchev–Trinajstić information content (AvgIpc) is 3.33. The van der Waals surface area contributed by atoms with Crippen molar-refractivity contribution in [3.05, 3.63) is 72.3 Å². The molecule has 0 saturated carbocycles. The second-order valence-corrected chi connectivity index (χ2v) is 9.43. The van der Waals surface area contributed by atoms with Gasteiger partial charge in [-0.25, -0.2) is 14.8 Å². The van der Waals surface area contributed by atoms with Gasteiger partial charge in [0.1, 0.15) is 5.60 Å². The van der Waals surface area contributed by atoms with Gasteiger partial charge >= 0.3 is 6.09 Å². The summed E-state index contributed by atoms with van der Waals surface area (Å²) in [4.78, 5) is 27.5. The van der Waals surface area contributed by atoms with Crippen LogP contribution in [0.2, 0.25) is 0 Å². The zero-order valence-corrected chi connectivity index (χ0v) is 19.9. The Kier molecular flexibility index (Phi) is 5.90. The van der Waals surface area contributed by atoms with Crippen LogP contribution < -0.4 is 5.32 Å². The summed E-state index contributed by atoms with van der Waals surface area (Å²) in [5.74, 6) is 0.493. The molecule has 0 radical (unpaired) electrons. The number of nitrogens with one attached hydrogen (secondary N) is 2. The fourth-order valence-corrected chi connectivity index (χ4v) is 4.02. The van der Waals surface area contributed by atoms with Crippen LogP contribution in [-0.4, -0.2) is 48.3 Å². The van der Waals surface area contributed by atoms with E-state index in [0.717, 1.165) is 40.2 Å². The van der Waals surface area contributed by atoms with Crippen LogP contribution in [0.25, 0.3) is 22.5 Å². The van der Waals surface area contributed by atoms with Gasteiger partial charge in [0.2, 0.25) is 5.95 Å². The van der Waals surface area contributed by atoms with Gasteiger partial charge in [-0.2, -0.15) is 5.10 Å². The minimum Gasteiger partial charge on any atom is -0.444 e. The molecule has 3 aromatic heterocycles. The number of aromatic amines is 1. The van der Waals surface area contributed by atoms with Gasteiger partial charge in [0.15, 0.2) is 0 Å². The number of rotatable bonds is 4. The van der Waals surface area contributed by atoms with Crippen molar-refractivity contribution in [1.29, 1.82) is 0 Å². The Bertz CT molecular complexity index is 1350. The molecule has 1 amide bonds. The second-order valence-electron chi connectivity index (χ2n) is 9.43. The highest BCUT2D eigenvalue weighted by molar-refractivity contribution is 5.78. The predicted octanol–water partition coefficient (Wildman–Crippen LogP) is 4.97. The normalized spacial score (nSPS) is 13.3. The number of hydrogen-bond acceptors (Lipinski definition) is 7. The average molecular weight is 470 g/mol. The molecule has 1 aromatic carbocycles. The van der Waals surface area contributed by atoms with E-state index in [4.69, 9.17) is 9.72 Å². The summed E-state index contributed by atoms with van der Waals surface area (Å²) < 4.78 is 5.52. The number of benzene rings is 1. The van der Waals surface area contributed by atoms with Crippen molar-refractivity contribution in [3.8, 4) is 22.5 Å². The van der Waals surface area contributed by atoms with E-state index in [9.17, 15) is 4.79 Å². The van der Waals surface area contributed by atoms with Gasteiger partial charge in [0.25, 0.3) is 0 Å². The smallest absolute Gasteiger partial charge is 0.410 e. The van der Waals surface area contributed by atoms with Crippen molar-refractivity contribution in [2.24, 2.45) is 0 Å². The molecule has 2 N–H and O–H groups in total. The highest BCUT2D eigenvalue weighted by Crippen LogP contribution is 2.29. The summed E-state index contributed by atoms with van der Waals surface area (Å²) in [5, 5.41) is 10.6. The fourth-order valence-electron chi connectivity index (χ4n) is 4.02. The van der Waals surface area contributed by atoms with Crippen LogP contribution in [0.4, 0.5) is 16.4 Å². The molecule has 0 bridgehead atoms. The molecule has 9 nitrogen and oxygen atoms in total. The number of pyridine rings is 1. The molecule has 35 heavy (non-hydrogen) atoms. The number of hydrogen-bond donors (Lipinski definition) is 2. The molecular formula is C26H27N7O2. The monoisotopic (exact) mass is 469 g/mol.